The van der Waals surface area contributed by atoms with E-state index < -0.39 is 0 Å². The van der Waals surface area contributed by atoms with Crippen molar-refractivity contribution in [3.63, 3.8) is 0 Å². The second kappa shape index (κ2) is 2.02. The Morgan fingerprint density at radius 1 is 0.875 bits per heavy atom. The van der Waals surface area contributed by atoms with E-state index in [1.165, 1.54) is 0 Å². The molecule has 0 atom stereocenters. The van der Waals surface area contributed by atoms with Crippen molar-refractivity contribution < 1.29 is 0 Å². The van der Waals surface area contributed by atoms with Crippen LogP contribution in [0.2, 0.25) is 0 Å². The molecule has 0 aromatic carbocycles. The molecule has 0 unspecified atom stereocenters. The van der Waals surface area contributed by atoms with Crippen LogP contribution in [0.15, 0.2) is 0 Å². The van der Waals surface area contributed by atoms with Gasteiger partial charge in [0.1, 0.15) is 0 Å². The van der Waals surface area contributed by atoms with Gasteiger partial charge in [0.05, 0.1) is 0 Å². The zero-order valence-electron chi connectivity index (χ0n) is 6.38. The normalized spacial score (nSPS) is 14.2. The summed E-state index contributed by atoms with van der Waals surface area (Å²) in [6, 6.07) is 0. The second-order valence-corrected chi connectivity index (χ2v) is 5.70. The molecule has 0 radical (unpaired) electrons. The van der Waals surface area contributed by atoms with Crippen LogP contribution in [-0.4, -0.2) is 4.32 Å². The number of hydrogen-bond acceptors (Lipinski definition) is 0. The molecular formula is C7H15Br. The minimum atomic E-state index is 0.250. The first-order valence-electron chi connectivity index (χ1n) is 2.94. The molecule has 0 saturated heterocycles. The fraction of sp³-hybridized carbons (Fsp3) is 1.00. The zero-order valence-corrected chi connectivity index (χ0v) is 7.96. The minimum Gasteiger partial charge on any atom is -0.0854 e. The van der Waals surface area contributed by atoms with Gasteiger partial charge < -0.3 is 0 Å². The fourth-order valence-electron chi connectivity index (χ4n) is 0. The van der Waals surface area contributed by atoms with Crippen molar-refractivity contribution in [2.45, 2.75) is 38.9 Å². The van der Waals surface area contributed by atoms with Crippen LogP contribution >= 0.6 is 15.9 Å². The van der Waals surface area contributed by atoms with Crippen LogP contribution in [0.25, 0.3) is 0 Å². The van der Waals surface area contributed by atoms with Gasteiger partial charge in [-0.15, -0.1) is 0 Å². The van der Waals surface area contributed by atoms with Gasteiger partial charge in [0.2, 0.25) is 0 Å². The summed E-state index contributed by atoms with van der Waals surface area (Å²) in [6.45, 7) is 11.0. The lowest BCUT2D eigenvalue weighted by Gasteiger charge is -2.32. The molecule has 1 heteroatoms. The molecule has 0 aliphatic carbocycles. The summed E-state index contributed by atoms with van der Waals surface area (Å²) in [5, 5.41) is 0. The van der Waals surface area contributed by atoms with Crippen molar-refractivity contribution in [1.82, 2.24) is 0 Å². The largest absolute Gasteiger partial charge is 0.0854 e. The van der Waals surface area contributed by atoms with Crippen molar-refractivity contribution in [2.75, 3.05) is 0 Å². The maximum Gasteiger partial charge on any atom is 0.0250 e. The molecule has 0 bridgehead atoms. The molecule has 0 N–H and O–H groups in total. The third-order valence-electron chi connectivity index (χ3n) is 1.78. The quantitative estimate of drug-likeness (QED) is 0.501. The van der Waals surface area contributed by atoms with E-state index in [1.54, 1.807) is 0 Å². The van der Waals surface area contributed by atoms with Gasteiger partial charge in [-0.3, -0.25) is 0 Å². The van der Waals surface area contributed by atoms with Crippen LogP contribution in [0, 0.1) is 5.41 Å². The number of hydrogen-bond donors (Lipinski definition) is 0. The van der Waals surface area contributed by atoms with Crippen LogP contribution in [0.1, 0.15) is 34.6 Å². The zero-order chi connectivity index (χ0) is 7.00. The summed E-state index contributed by atoms with van der Waals surface area (Å²) in [7, 11) is 0. The van der Waals surface area contributed by atoms with Crippen molar-refractivity contribution in [1.29, 1.82) is 0 Å². The Morgan fingerprint density at radius 3 is 1.00 bits per heavy atom. The van der Waals surface area contributed by atoms with E-state index in [0.717, 1.165) is 0 Å². The Morgan fingerprint density at radius 2 is 1.00 bits per heavy atom. The molecule has 50 valence electrons. The first-order chi connectivity index (χ1) is 3.25. The Hall–Kier alpha value is 0.480. The number of halogens is 1. The van der Waals surface area contributed by atoms with Gasteiger partial charge in [-0.2, -0.15) is 0 Å². The highest BCUT2D eigenvalue weighted by Crippen LogP contribution is 2.36. The molecule has 0 spiro atoms. The maximum atomic E-state index is 3.60. The summed E-state index contributed by atoms with van der Waals surface area (Å²) in [6.07, 6.45) is 0. The number of rotatable bonds is 0. The standard InChI is InChI=1S/C7H15Br/c1-6(2,3)7(4,5)8/h1-5H3. The lowest BCUT2D eigenvalue weighted by atomic mass is 9.83. The van der Waals surface area contributed by atoms with Crippen LogP contribution < -0.4 is 0 Å². The van der Waals surface area contributed by atoms with Crippen LogP contribution in [0.5, 0.6) is 0 Å². The van der Waals surface area contributed by atoms with E-state index >= 15 is 0 Å². The third-order valence-corrected chi connectivity index (χ3v) is 2.97. The summed E-state index contributed by atoms with van der Waals surface area (Å²) in [5.41, 5.74) is 0.354. The fourth-order valence-corrected chi connectivity index (χ4v) is 0. The Labute approximate surface area is 60.8 Å². The van der Waals surface area contributed by atoms with Crippen LogP contribution in [0.4, 0.5) is 0 Å². The second-order valence-electron chi connectivity index (χ2n) is 3.72. The lowest BCUT2D eigenvalue weighted by Crippen LogP contribution is -2.29. The smallest absolute Gasteiger partial charge is 0.0250 e. The van der Waals surface area contributed by atoms with Gasteiger partial charge in [-0.25, -0.2) is 0 Å². The molecule has 0 amide bonds. The first kappa shape index (κ1) is 8.48. The molecule has 8 heavy (non-hydrogen) atoms. The Balaban J connectivity index is 4.02. The topological polar surface area (TPSA) is 0 Å². The lowest BCUT2D eigenvalue weighted by molar-refractivity contribution is 0.327. The molecule has 0 aliphatic rings. The van der Waals surface area contributed by atoms with Crippen LogP contribution in [0.3, 0.4) is 0 Å². The number of alkyl halides is 1. The highest BCUT2D eigenvalue weighted by atomic mass is 79.9. The van der Waals surface area contributed by atoms with Gasteiger partial charge in [0.25, 0.3) is 0 Å². The molecule has 0 aliphatic heterocycles. The molecule has 0 saturated carbocycles. The monoisotopic (exact) mass is 178 g/mol. The van der Waals surface area contributed by atoms with Crippen molar-refractivity contribution in [3.8, 4) is 0 Å². The van der Waals surface area contributed by atoms with Gasteiger partial charge in [-0.05, 0) is 19.3 Å². The summed E-state index contributed by atoms with van der Waals surface area (Å²) in [4.78, 5) is 0. The van der Waals surface area contributed by atoms with Crippen molar-refractivity contribution >= 4 is 15.9 Å². The molecule has 0 heterocycles. The SMILES string of the molecule is CC(C)(C)C(C)(C)Br. The van der Waals surface area contributed by atoms with Crippen molar-refractivity contribution in [3.05, 3.63) is 0 Å². The van der Waals surface area contributed by atoms with Gasteiger partial charge in [0.15, 0.2) is 0 Å². The summed E-state index contributed by atoms with van der Waals surface area (Å²) < 4.78 is 0.250. The van der Waals surface area contributed by atoms with Gasteiger partial charge >= 0.3 is 0 Å². The van der Waals surface area contributed by atoms with E-state index in [-0.39, 0.29) is 4.32 Å². The molecule has 0 nitrogen and oxygen atoms in total. The molecule has 0 aromatic heterocycles. The van der Waals surface area contributed by atoms with Crippen molar-refractivity contribution in [2.24, 2.45) is 5.41 Å². The average molecular weight is 179 g/mol. The van der Waals surface area contributed by atoms with E-state index in [4.69, 9.17) is 0 Å². The molecule has 0 fully saturated rings. The van der Waals surface area contributed by atoms with E-state index in [2.05, 4.69) is 50.5 Å². The third kappa shape index (κ3) is 2.17. The van der Waals surface area contributed by atoms with Crippen LogP contribution in [-0.2, 0) is 0 Å². The van der Waals surface area contributed by atoms with E-state index in [9.17, 15) is 0 Å². The highest BCUT2D eigenvalue weighted by Gasteiger charge is 2.29. The minimum absolute atomic E-state index is 0.250. The van der Waals surface area contributed by atoms with Gasteiger partial charge in [0, 0.05) is 4.32 Å². The average Bonchev–Trinajstić information content (AvgIpc) is 1.25. The Bertz CT molecular complexity index is 59.4. The van der Waals surface area contributed by atoms with E-state index in [1.807, 2.05) is 0 Å². The first-order valence-corrected chi connectivity index (χ1v) is 3.73. The predicted molar refractivity (Wildman–Crippen MR) is 42.5 cm³/mol. The summed E-state index contributed by atoms with van der Waals surface area (Å²) in [5.74, 6) is 0. The summed E-state index contributed by atoms with van der Waals surface area (Å²) >= 11 is 3.60. The predicted octanol–water partition coefficient (Wildman–Crippen LogP) is 3.21. The van der Waals surface area contributed by atoms with Gasteiger partial charge in [-0.1, -0.05) is 36.7 Å². The van der Waals surface area contributed by atoms with E-state index in [0.29, 0.717) is 5.41 Å². The Kier molecular flexibility index (Phi) is 2.14. The maximum absolute atomic E-state index is 3.60. The highest BCUT2D eigenvalue weighted by molar-refractivity contribution is 9.10. The molecular weight excluding hydrogens is 164 g/mol. The molecule has 0 aromatic rings. The molecule has 0 rings (SSSR count).